The zero-order chi connectivity index (χ0) is 13.3. The van der Waals surface area contributed by atoms with Gasteiger partial charge in [-0.1, -0.05) is 6.07 Å². The van der Waals surface area contributed by atoms with Crippen LogP contribution in [0.25, 0.3) is 11.3 Å². The first-order chi connectivity index (χ1) is 8.52. The van der Waals surface area contributed by atoms with E-state index in [1.807, 2.05) is 6.92 Å². The van der Waals surface area contributed by atoms with Crippen LogP contribution in [0.15, 0.2) is 18.3 Å². The van der Waals surface area contributed by atoms with Gasteiger partial charge in [-0.15, -0.1) is 0 Å². The van der Waals surface area contributed by atoms with Gasteiger partial charge < -0.3 is 10.3 Å². The Kier molecular flexibility index (Phi) is 3.53. The van der Waals surface area contributed by atoms with Crippen molar-refractivity contribution in [3.63, 3.8) is 0 Å². The Bertz CT molecular complexity index is 567. The van der Waals surface area contributed by atoms with Gasteiger partial charge in [-0.2, -0.15) is 0 Å². The van der Waals surface area contributed by atoms with Gasteiger partial charge in [-0.25, -0.2) is 4.98 Å². The second-order valence-electron chi connectivity index (χ2n) is 4.91. The van der Waals surface area contributed by atoms with E-state index in [2.05, 4.69) is 48.7 Å². The summed E-state index contributed by atoms with van der Waals surface area (Å²) in [4.78, 5) is 4.64. The zero-order valence-electron chi connectivity index (χ0n) is 11.6. The fourth-order valence-corrected chi connectivity index (χ4v) is 2.24. The van der Waals surface area contributed by atoms with Crippen molar-refractivity contribution in [2.45, 2.75) is 34.2 Å². The molecule has 0 fully saturated rings. The molecule has 3 nitrogen and oxygen atoms in total. The number of rotatable bonds is 3. The molecule has 2 N–H and O–H groups in total. The molecule has 0 radical (unpaired) electrons. The van der Waals surface area contributed by atoms with Crippen LogP contribution in [0, 0.1) is 27.7 Å². The molecule has 2 rings (SSSR count). The largest absolute Gasteiger partial charge is 0.333 e. The van der Waals surface area contributed by atoms with Crippen molar-refractivity contribution in [1.82, 2.24) is 9.55 Å². The minimum absolute atomic E-state index is 0.641. The highest BCUT2D eigenvalue weighted by Crippen LogP contribution is 2.25. The van der Waals surface area contributed by atoms with Gasteiger partial charge in [0.2, 0.25) is 0 Å². The number of nitrogens with zero attached hydrogens (tertiary/aromatic N) is 2. The summed E-state index contributed by atoms with van der Waals surface area (Å²) in [6.45, 7) is 9.91. The monoisotopic (exact) mass is 243 g/mol. The van der Waals surface area contributed by atoms with Gasteiger partial charge in [0.1, 0.15) is 5.82 Å². The number of hydrogen-bond donors (Lipinski definition) is 1. The van der Waals surface area contributed by atoms with Crippen molar-refractivity contribution in [3.05, 3.63) is 40.8 Å². The molecule has 96 valence electrons. The fraction of sp³-hybridized carbons (Fsp3) is 0.400. The van der Waals surface area contributed by atoms with Crippen LogP contribution < -0.4 is 5.73 Å². The lowest BCUT2D eigenvalue weighted by Crippen LogP contribution is -2.10. The van der Waals surface area contributed by atoms with Crippen LogP contribution in [-0.4, -0.2) is 16.1 Å². The molecule has 3 heteroatoms. The summed E-state index contributed by atoms with van der Waals surface area (Å²) >= 11 is 0. The topological polar surface area (TPSA) is 43.8 Å². The van der Waals surface area contributed by atoms with Crippen molar-refractivity contribution in [3.8, 4) is 11.3 Å². The third-order valence-electron chi connectivity index (χ3n) is 3.46. The molecule has 0 aliphatic rings. The van der Waals surface area contributed by atoms with Gasteiger partial charge >= 0.3 is 0 Å². The van der Waals surface area contributed by atoms with E-state index in [0.717, 1.165) is 18.1 Å². The van der Waals surface area contributed by atoms with Crippen LogP contribution in [0.4, 0.5) is 0 Å². The third kappa shape index (κ3) is 2.31. The van der Waals surface area contributed by atoms with E-state index in [1.54, 1.807) is 0 Å². The molecule has 1 heterocycles. The number of nitrogens with two attached hydrogens (primary N) is 1. The lowest BCUT2D eigenvalue weighted by atomic mass is 9.99. The highest BCUT2D eigenvalue weighted by molar-refractivity contribution is 5.65. The first kappa shape index (κ1) is 12.8. The van der Waals surface area contributed by atoms with Crippen molar-refractivity contribution >= 4 is 0 Å². The van der Waals surface area contributed by atoms with Crippen molar-refractivity contribution in [2.75, 3.05) is 6.54 Å². The predicted octanol–water partition coefficient (Wildman–Crippen LogP) is 2.74. The van der Waals surface area contributed by atoms with Crippen LogP contribution in [0.1, 0.15) is 22.5 Å². The molecule has 1 aromatic heterocycles. The summed E-state index contributed by atoms with van der Waals surface area (Å²) in [5.74, 6) is 1.02. The number of aromatic nitrogens is 2. The average molecular weight is 243 g/mol. The third-order valence-corrected chi connectivity index (χ3v) is 3.46. The summed E-state index contributed by atoms with van der Waals surface area (Å²) < 4.78 is 2.12. The van der Waals surface area contributed by atoms with Gasteiger partial charge in [0.15, 0.2) is 0 Å². The maximum Gasteiger partial charge on any atom is 0.106 e. The fourth-order valence-electron chi connectivity index (χ4n) is 2.24. The Balaban J connectivity index is 2.48. The van der Waals surface area contributed by atoms with E-state index < -0.39 is 0 Å². The summed E-state index contributed by atoms with van der Waals surface area (Å²) in [6, 6.07) is 4.45. The Hall–Kier alpha value is -1.61. The molecule has 1 aromatic carbocycles. The molecule has 0 saturated heterocycles. The van der Waals surface area contributed by atoms with Crippen LogP contribution in [0.5, 0.6) is 0 Å². The minimum atomic E-state index is 0.641. The van der Waals surface area contributed by atoms with Gasteiger partial charge in [0.05, 0.1) is 5.69 Å². The summed E-state index contributed by atoms with van der Waals surface area (Å²) in [6.07, 6.45) is 2.10. The molecular formula is C15H21N3. The van der Waals surface area contributed by atoms with E-state index in [-0.39, 0.29) is 0 Å². The maximum absolute atomic E-state index is 5.60. The predicted molar refractivity (Wildman–Crippen MR) is 75.7 cm³/mol. The number of benzene rings is 1. The van der Waals surface area contributed by atoms with E-state index in [1.165, 1.54) is 22.3 Å². The lowest BCUT2D eigenvalue weighted by Gasteiger charge is -2.07. The molecule has 18 heavy (non-hydrogen) atoms. The Morgan fingerprint density at radius 3 is 2.39 bits per heavy atom. The highest BCUT2D eigenvalue weighted by atomic mass is 15.1. The second kappa shape index (κ2) is 4.94. The Morgan fingerprint density at radius 1 is 1.06 bits per heavy atom. The first-order valence-electron chi connectivity index (χ1n) is 6.35. The standard InChI is InChI=1S/C15H21N3/c1-10-7-12(3)14(8-11(10)2)15-9-18(6-5-16)13(4)17-15/h7-9H,5-6,16H2,1-4H3. The summed E-state index contributed by atoms with van der Waals surface area (Å²) in [7, 11) is 0. The molecule has 0 bridgehead atoms. The maximum atomic E-state index is 5.60. The van der Waals surface area contributed by atoms with Crippen molar-refractivity contribution < 1.29 is 0 Å². The van der Waals surface area contributed by atoms with E-state index >= 15 is 0 Å². The molecule has 0 spiro atoms. The van der Waals surface area contributed by atoms with Crippen molar-refractivity contribution in [2.24, 2.45) is 5.73 Å². The number of aryl methyl sites for hydroxylation is 4. The Labute approximate surface area is 109 Å². The van der Waals surface area contributed by atoms with Crippen LogP contribution in [0.2, 0.25) is 0 Å². The molecule has 0 unspecified atom stereocenters. The molecular weight excluding hydrogens is 222 g/mol. The van der Waals surface area contributed by atoms with Crippen LogP contribution in [0.3, 0.4) is 0 Å². The summed E-state index contributed by atoms with van der Waals surface area (Å²) in [5.41, 5.74) is 11.8. The van der Waals surface area contributed by atoms with Crippen LogP contribution in [-0.2, 0) is 6.54 Å². The highest BCUT2D eigenvalue weighted by Gasteiger charge is 2.09. The quantitative estimate of drug-likeness (QED) is 0.900. The van der Waals surface area contributed by atoms with E-state index in [9.17, 15) is 0 Å². The van der Waals surface area contributed by atoms with Gasteiger partial charge in [-0.3, -0.25) is 0 Å². The molecule has 0 aliphatic heterocycles. The molecule has 0 aliphatic carbocycles. The lowest BCUT2D eigenvalue weighted by molar-refractivity contribution is 0.684. The van der Waals surface area contributed by atoms with Gasteiger partial charge in [0, 0.05) is 24.8 Å². The minimum Gasteiger partial charge on any atom is -0.333 e. The van der Waals surface area contributed by atoms with Gasteiger partial charge in [-0.05, 0) is 50.5 Å². The van der Waals surface area contributed by atoms with Crippen LogP contribution >= 0.6 is 0 Å². The Morgan fingerprint density at radius 2 is 1.72 bits per heavy atom. The van der Waals surface area contributed by atoms with E-state index in [4.69, 9.17) is 5.73 Å². The molecule has 2 aromatic rings. The number of hydrogen-bond acceptors (Lipinski definition) is 2. The van der Waals surface area contributed by atoms with Crippen molar-refractivity contribution in [1.29, 1.82) is 0 Å². The normalized spacial score (nSPS) is 10.9. The first-order valence-corrected chi connectivity index (χ1v) is 6.35. The average Bonchev–Trinajstić information content (AvgIpc) is 2.66. The molecule has 0 atom stereocenters. The number of imidazole rings is 1. The second-order valence-corrected chi connectivity index (χ2v) is 4.91. The van der Waals surface area contributed by atoms with Gasteiger partial charge in [0.25, 0.3) is 0 Å². The SMILES string of the molecule is Cc1cc(C)c(-c2cn(CCN)c(C)n2)cc1C. The smallest absolute Gasteiger partial charge is 0.106 e. The summed E-state index contributed by atoms with van der Waals surface area (Å²) in [5, 5.41) is 0. The molecule has 0 saturated carbocycles. The van der Waals surface area contributed by atoms with E-state index in [0.29, 0.717) is 6.54 Å². The molecule has 0 amide bonds. The zero-order valence-corrected chi connectivity index (χ0v) is 11.6.